The summed E-state index contributed by atoms with van der Waals surface area (Å²) in [5.41, 5.74) is 0.871. The van der Waals surface area contributed by atoms with E-state index in [0.29, 0.717) is 12.3 Å². The average molecular weight is 310 g/mol. The largest absolute Gasteiger partial charge is 0.494 e. The van der Waals surface area contributed by atoms with Gasteiger partial charge in [-0.25, -0.2) is 0 Å². The van der Waals surface area contributed by atoms with Gasteiger partial charge in [0.2, 0.25) is 0 Å². The number of hydrogen-bond acceptors (Lipinski definition) is 5. The van der Waals surface area contributed by atoms with Crippen molar-refractivity contribution in [3.63, 3.8) is 0 Å². The van der Waals surface area contributed by atoms with Crippen LogP contribution in [0.25, 0.3) is 0 Å². The zero-order valence-corrected chi connectivity index (χ0v) is 13.1. The highest BCUT2D eigenvalue weighted by Gasteiger charge is 2.07. The van der Waals surface area contributed by atoms with Crippen LogP contribution < -0.4 is 14.8 Å². The molecule has 0 radical (unpaired) electrons. The maximum absolute atomic E-state index is 5.81. The lowest BCUT2D eigenvalue weighted by Gasteiger charge is -2.13. The van der Waals surface area contributed by atoms with Gasteiger partial charge in [-0.2, -0.15) is 0 Å². The number of benzene rings is 2. The molecule has 2 aromatic carbocycles. The Bertz CT molecular complexity index is 771. The molecule has 1 aromatic heterocycles. The average Bonchev–Trinajstić information content (AvgIpc) is 2.99. The van der Waals surface area contributed by atoms with E-state index in [1.165, 1.54) is 0 Å². The van der Waals surface area contributed by atoms with E-state index < -0.39 is 0 Å². The van der Waals surface area contributed by atoms with Gasteiger partial charge < -0.3 is 19.4 Å². The van der Waals surface area contributed by atoms with Crippen molar-refractivity contribution in [1.82, 2.24) is 14.8 Å². The highest BCUT2D eigenvalue weighted by molar-refractivity contribution is 5.59. The summed E-state index contributed by atoms with van der Waals surface area (Å²) in [4.78, 5) is 0. The van der Waals surface area contributed by atoms with Crippen molar-refractivity contribution < 1.29 is 9.47 Å². The van der Waals surface area contributed by atoms with Crippen LogP contribution in [0.4, 0.5) is 5.69 Å². The molecule has 23 heavy (non-hydrogen) atoms. The predicted octanol–water partition coefficient (Wildman–Crippen LogP) is 3.23. The lowest BCUT2D eigenvalue weighted by atomic mass is 10.2. The van der Waals surface area contributed by atoms with Gasteiger partial charge in [0.15, 0.2) is 5.82 Å². The first kappa shape index (κ1) is 14.9. The lowest BCUT2D eigenvalue weighted by Crippen LogP contribution is -2.06. The highest BCUT2D eigenvalue weighted by Crippen LogP contribution is 2.31. The minimum atomic E-state index is 0.561. The van der Waals surface area contributed by atoms with Crippen LogP contribution in [0.2, 0.25) is 0 Å². The fourth-order valence-corrected chi connectivity index (χ4v) is 2.15. The topological polar surface area (TPSA) is 61.2 Å². The number of rotatable bonds is 6. The molecule has 1 heterocycles. The Morgan fingerprint density at radius 2 is 1.91 bits per heavy atom. The summed E-state index contributed by atoms with van der Waals surface area (Å²) in [6.45, 7) is 0.561. The Hall–Kier alpha value is -3.02. The summed E-state index contributed by atoms with van der Waals surface area (Å²) >= 11 is 0. The summed E-state index contributed by atoms with van der Waals surface area (Å²) in [6, 6.07) is 15.3. The van der Waals surface area contributed by atoms with E-state index in [1.54, 1.807) is 13.4 Å². The van der Waals surface area contributed by atoms with Gasteiger partial charge in [-0.15, -0.1) is 10.2 Å². The smallest absolute Gasteiger partial charge is 0.151 e. The number of anilines is 1. The zero-order chi connectivity index (χ0) is 16.1. The molecule has 0 aliphatic heterocycles. The monoisotopic (exact) mass is 310 g/mol. The second-order valence-corrected chi connectivity index (χ2v) is 4.99. The molecule has 6 heteroatoms. The second kappa shape index (κ2) is 6.83. The first-order valence-corrected chi connectivity index (χ1v) is 7.24. The fourth-order valence-electron chi connectivity index (χ4n) is 2.15. The number of para-hydroxylation sites is 1. The number of nitrogens with zero attached hydrogens (tertiary/aromatic N) is 3. The van der Waals surface area contributed by atoms with Gasteiger partial charge in [-0.1, -0.05) is 18.2 Å². The van der Waals surface area contributed by atoms with Crippen LogP contribution in [-0.4, -0.2) is 21.9 Å². The molecule has 0 spiro atoms. The molecule has 0 fully saturated rings. The van der Waals surface area contributed by atoms with Crippen LogP contribution in [0.15, 0.2) is 54.9 Å². The minimum Gasteiger partial charge on any atom is -0.494 e. The summed E-state index contributed by atoms with van der Waals surface area (Å²) < 4.78 is 13.1. The molecule has 1 N–H and O–H groups in total. The second-order valence-electron chi connectivity index (χ2n) is 4.99. The predicted molar refractivity (Wildman–Crippen MR) is 87.8 cm³/mol. The normalized spacial score (nSPS) is 10.3. The maximum Gasteiger partial charge on any atom is 0.151 e. The third kappa shape index (κ3) is 3.60. The summed E-state index contributed by atoms with van der Waals surface area (Å²) in [5, 5.41) is 11.2. The first-order chi connectivity index (χ1) is 11.3. The van der Waals surface area contributed by atoms with Gasteiger partial charge in [0, 0.05) is 13.1 Å². The molecule has 3 aromatic rings. The molecule has 0 unspecified atom stereocenters. The molecule has 118 valence electrons. The molecule has 0 atom stereocenters. The molecule has 0 saturated carbocycles. The van der Waals surface area contributed by atoms with E-state index in [0.717, 1.165) is 23.0 Å². The molecule has 0 amide bonds. The van der Waals surface area contributed by atoms with Gasteiger partial charge in [-0.05, 0) is 24.3 Å². The Kier molecular flexibility index (Phi) is 4.42. The molecule has 0 aliphatic rings. The summed E-state index contributed by atoms with van der Waals surface area (Å²) in [5.74, 6) is 3.06. The lowest BCUT2D eigenvalue weighted by molar-refractivity contribution is 0.410. The van der Waals surface area contributed by atoms with Crippen molar-refractivity contribution in [2.75, 3.05) is 12.4 Å². The van der Waals surface area contributed by atoms with Crippen molar-refractivity contribution >= 4 is 5.69 Å². The zero-order valence-electron chi connectivity index (χ0n) is 13.1. The standard InChI is InChI=1S/C17H18N4O2/c1-21-12-19-20-17(21)11-18-15-9-8-14(10-16(15)22-2)23-13-6-4-3-5-7-13/h3-10,12,18H,11H2,1-2H3. The number of aromatic nitrogens is 3. The third-order valence-electron chi connectivity index (χ3n) is 3.39. The molecular formula is C17H18N4O2. The van der Waals surface area contributed by atoms with Crippen LogP contribution in [-0.2, 0) is 13.6 Å². The maximum atomic E-state index is 5.81. The van der Waals surface area contributed by atoms with Crippen LogP contribution in [0.3, 0.4) is 0 Å². The first-order valence-electron chi connectivity index (χ1n) is 7.24. The quantitative estimate of drug-likeness (QED) is 0.757. The van der Waals surface area contributed by atoms with Crippen molar-refractivity contribution in [1.29, 1.82) is 0 Å². The SMILES string of the molecule is COc1cc(Oc2ccccc2)ccc1NCc1nncn1C. The third-order valence-corrected chi connectivity index (χ3v) is 3.39. The fraction of sp³-hybridized carbons (Fsp3) is 0.176. The summed E-state index contributed by atoms with van der Waals surface area (Å²) in [6.07, 6.45) is 1.67. The van der Waals surface area contributed by atoms with Crippen molar-refractivity contribution in [3.8, 4) is 17.2 Å². The molecule has 3 rings (SSSR count). The van der Waals surface area contributed by atoms with Gasteiger partial charge >= 0.3 is 0 Å². The van der Waals surface area contributed by atoms with Crippen molar-refractivity contribution in [3.05, 3.63) is 60.7 Å². The number of aryl methyl sites for hydroxylation is 1. The number of ether oxygens (including phenoxy) is 2. The van der Waals surface area contributed by atoms with Crippen LogP contribution in [0.1, 0.15) is 5.82 Å². The Balaban J connectivity index is 1.73. The van der Waals surface area contributed by atoms with Gasteiger partial charge in [-0.3, -0.25) is 0 Å². The number of hydrogen-bond donors (Lipinski definition) is 1. The molecule has 0 bridgehead atoms. The van der Waals surface area contributed by atoms with E-state index in [9.17, 15) is 0 Å². The van der Waals surface area contributed by atoms with E-state index >= 15 is 0 Å². The van der Waals surface area contributed by atoms with Gasteiger partial charge in [0.25, 0.3) is 0 Å². The summed E-state index contributed by atoms with van der Waals surface area (Å²) in [7, 11) is 3.54. The van der Waals surface area contributed by atoms with Crippen LogP contribution in [0.5, 0.6) is 17.2 Å². The molecular weight excluding hydrogens is 292 g/mol. The molecule has 0 saturated heterocycles. The molecule has 0 aliphatic carbocycles. The van der Waals surface area contributed by atoms with E-state index in [2.05, 4.69) is 15.5 Å². The Labute approximate surface area is 134 Å². The van der Waals surface area contributed by atoms with Gasteiger partial charge in [0.1, 0.15) is 23.6 Å². The molecule has 6 nitrogen and oxygen atoms in total. The highest BCUT2D eigenvalue weighted by atomic mass is 16.5. The van der Waals surface area contributed by atoms with E-state index in [4.69, 9.17) is 9.47 Å². The number of nitrogens with one attached hydrogen (secondary N) is 1. The van der Waals surface area contributed by atoms with Crippen LogP contribution >= 0.6 is 0 Å². The van der Waals surface area contributed by atoms with E-state index in [-0.39, 0.29) is 0 Å². The minimum absolute atomic E-state index is 0.561. The van der Waals surface area contributed by atoms with Crippen molar-refractivity contribution in [2.45, 2.75) is 6.54 Å². The van der Waals surface area contributed by atoms with E-state index in [1.807, 2.05) is 60.1 Å². The van der Waals surface area contributed by atoms with Crippen LogP contribution in [0, 0.1) is 0 Å². The Morgan fingerprint density at radius 3 is 2.61 bits per heavy atom. The van der Waals surface area contributed by atoms with Crippen molar-refractivity contribution in [2.24, 2.45) is 7.05 Å². The number of methoxy groups -OCH3 is 1. The Morgan fingerprint density at radius 1 is 1.09 bits per heavy atom. The van der Waals surface area contributed by atoms with Gasteiger partial charge in [0.05, 0.1) is 19.3 Å².